The van der Waals surface area contributed by atoms with Crippen molar-refractivity contribution in [2.75, 3.05) is 32.8 Å². The van der Waals surface area contributed by atoms with Crippen LogP contribution in [0.4, 0.5) is 4.39 Å². The topological polar surface area (TPSA) is 53.0 Å². The van der Waals surface area contributed by atoms with Crippen molar-refractivity contribution in [3.05, 3.63) is 70.5 Å². The summed E-state index contributed by atoms with van der Waals surface area (Å²) in [5, 5.41) is 12.2. The molecule has 1 N–H and O–H groups in total. The van der Waals surface area contributed by atoms with Crippen molar-refractivity contribution in [1.29, 1.82) is 0 Å². The highest BCUT2D eigenvalue weighted by molar-refractivity contribution is 6.30. The van der Waals surface area contributed by atoms with Gasteiger partial charge in [0.15, 0.2) is 0 Å². The fourth-order valence-corrected chi connectivity index (χ4v) is 5.57. The van der Waals surface area contributed by atoms with E-state index in [-0.39, 0.29) is 29.3 Å². The number of ether oxygens (including phenoxy) is 1. The van der Waals surface area contributed by atoms with Gasteiger partial charge >= 0.3 is 0 Å². The Morgan fingerprint density at radius 3 is 2.51 bits per heavy atom. The minimum absolute atomic E-state index is 0.0276. The van der Waals surface area contributed by atoms with Gasteiger partial charge in [-0.1, -0.05) is 49.7 Å². The summed E-state index contributed by atoms with van der Waals surface area (Å²) in [6, 6.07) is 13.9. The molecule has 2 aliphatic heterocycles. The first-order chi connectivity index (χ1) is 16.6. The van der Waals surface area contributed by atoms with E-state index in [1.807, 2.05) is 36.1 Å². The summed E-state index contributed by atoms with van der Waals surface area (Å²) in [7, 11) is 0. The second kappa shape index (κ2) is 10.6. The molecule has 1 amide bonds. The number of hydrogen-bond donors (Lipinski definition) is 1. The Morgan fingerprint density at radius 2 is 1.86 bits per heavy atom. The molecule has 2 aromatic rings. The number of nitrogens with zero attached hydrogens (tertiary/aromatic N) is 2. The molecule has 5 nitrogen and oxygen atoms in total. The number of benzene rings is 2. The molecule has 0 saturated carbocycles. The molecule has 4 rings (SSSR count). The van der Waals surface area contributed by atoms with E-state index >= 15 is 0 Å². The molecule has 2 heterocycles. The predicted octanol–water partition coefficient (Wildman–Crippen LogP) is 4.65. The zero-order valence-electron chi connectivity index (χ0n) is 20.8. The number of hydrogen-bond acceptors (Lipinski definition) is 4. The molecular weight excluding hydrogens is 467 g/mol. The second-order valence-corrected chi connectivity index (χ2v) is 11.1. The highest BCUT2D eigenvalue weighted by Crippen LogP contribution is 2.46. The Hall–Kier alpha value is -1.99. The Bertz CT molecular complexity index is 1010. The van der Waals surface area contributed by atoms with Gasteiger partial charge in [0.1, 0.15) is 5.82 Å². The Kier molecular flexibility index (Phi) is 7.86. The lowest BCUT2D eigenvalue weighted by Gasteiger charge is -2.50. The minimum Gasteiger partial charge on any atom is -0.385 e. The zero-order chi connectivity index (χ0) is 25.2. The molecular formula is C28H36ClFN2O3. The van der Waals surface area contributed by atoms with Crippen molar-refractivity contribution in [2.45, 2.75) is 57.8 Å². The summed E-state index contributed by atoms with van der Waals surface area (Å²) in [5.41, 5.74) is 0.568. The zero-order valence-corrected chi connectivity index (χ0v) is 21.6. The Balaban J connectivity index is 1.32. The molecule has 190 valence electrons. The molecule has 2 aliphatic rings. The fourth-order valence-electron chi connectivity index (χ4n) is 5.45. The van der Waals surface area contributed by atoms with Crippen LogP contribution in [0.3, 0.4) is 0 Å². The van der Waals surface area contributed by atoms with E-state index in [0.717, 1.165) is 17.7 Å². The summed E-state index contributed by atoms with van der Waals surface area (Å²) < 4.78 is 19.2. The molecule has 2 saturated heterocycles. The average Bonchev–Trinajstić information content (AvgIpc) is 2.82. The van der Waals surface area contributed by atoms with Crippen molar-refractivity contribution in [3.8, 4) is 0 Å². The fraction of sp³-hybridized carbons (Fsp3) is 0.536. The van der Waals surface area contributed by atoms with Gasteiger partial charge in [0.05, 0.1) is 24.4 Å². The first-order valence-corrected chi connectivity index (χ1v) is 12.8. The molecule has 2 aromatic carbocycles. The van der Waals surface area contributed by atoms with Crippen molar-refractivity contribution < 1.29 is 19.0 Å². The Morgan fingerprint density at radius 1 is 1.17 bits per heavy atom. The van der Waals surface area contributed by atoms with Crippen molar-refractivity contribution >= 4 is 17.5 Å². The summed E-state index contributed by atoms with van der Waals surface area (Å²) in [5.74, 6) is -0.127. The largest absolute Gasteiger partial charge is 0.385 e. The molecule has 0 spiro atoms. The van der Waals surface area contributed by atoms with Gasteiger partial charge in [-0.05, 0) is 48.7 Å². The van der Waals surface area contributed by atoms with E-state index in [1.165, 1.54) is 12.1 Å². The number of likely N-dealkylation sites (tertiary alicyclic amines) is 1. The lowest BCUT2D eigenvalue weighted by molar-refractivity contribution is -0.146. The number of halogens is 2. The number of morpholine rings is 1. The highest BCUT2D eigenvalue weighted by atomic mass is 35.5. The number of carbonyl (C=O) groups excluding carboxylic acids is 1. The van der Waals surface area contributed by atoms with E-state index in [1.54, 1.807) is 12.1 Å². The van der Waals surface area contributed by atoms with Crippen LogP contribution in [0, 0.1) is 11.2 Å². The number of rotatable bonds is 6. The maximum Gasteiger partial charge on any atom is 0.224 e. The van der Waals surface area contributed by atoms with Gasteiger partial charge in [0.2, 0.25) is 5.91 Å². The van der Waals surface area contributed by atoms with E-state index in [9.17, 15) is 14.3 Å². The van der Waals surface area contributed by atoms with Gasteiger partial charge in [0.25, 0.3) is 0 Å². The number of amides is 1. The van der Waals surface area contributed by atoms with Gasteiger partial charge in [-0.2, -0.15) is 0 Å². The van der Waals surface area contributed by atoms with E-state index < -0.39 is 5.60 Å². The standard InChI is InChI=1S/C28H36ClFN2O3/c1-20-18-35-25(16-21-4-10-24(30)11-5-21)17-32(20)26(33)12-14-31-15-13-28(34,27(2,3)19-31)22-6-8-23(29)9-7-22/h4-11,20,25,34H,12-19H2,1-3H3. The van der Waals surface area contributed by atoms with Gasteiger partial charge in [-0.25, -0.2) is 4.39 Å². The summed E-state index contributed by atoms with van der Waals surface area (Å²) >= 11 is 6.04. The SMILES string of the molecule is CC1COC(Cc2ccc(F)cc2)CN1C(=O)CCN1CCC(O)(c2ccc(Cl)cc2)C(C)(C)C1. The lowest BCUT2D eigenvalue weighted by atomic mass is 9.66. The van der Waals surface area contributed by atoms with Crippen LogP contribution in [0.2, 0.25) is 5.02 Å². The molecule has 2 fully saturated rings. The van der Waals surface area contributed by atoms with Crippen LogP contribution >= 0.6 is 11.6 Å². The van der Waals surface area contributed by atoms with Crippen molar-refractivity contribution in [2.24, 2.45) is 5.41 Å². The summed E-state index contributed by atoms with van der Waals surface area (Å²) in [4.78, 5) is 17.4. The maximum atomic E-state index is 13.2. The van der Waals surface area contributed by atoms with Gasteiger partial charge < -0.3 is 19.6 Å². The third-order valence-electron chi connectivity index (χ3n) is 7.69. The molecule has 3 unspecified atom stereocenters. The molecule has 0 aliphatic carbocycles. The second-order valence-electron chi connectivity index (χ2n) is 10.7. The van der Waals surface area contributed by atoms with Gasteiger partial charge in [0, 0.05) is 49.5 Å². The number of carbonyl (C=O) groups is 1. The highest BCUT2D eigenvalue weighted by Gasteiger charge is 2.48. The predicted molar refractivity (Wildman–Crippen MR) is 136 cm³/mol. The first-order valence-electron chi connectivity index (χ1n) is 12.4. The van der Waals surface area contributed by atoms with E-state index in [2.05, 4.69) is 18.7 Å². The third kappa shape index (κ3) is 5.88. The van der Waals surface area contributed by atoms with Crippen LogP contribution in [-0.4, -0.2) is 65.7 Å². The molecule has 0 bridgehead atoms. The van der Waals surface area contributed by atoms with Crippen LogP contribution < -0.4 is 0 Å². The summed E-state index contributed by atoms with van der Waals surface area (Å²) in [6.45, 7) is 9.31. The van der Waals surface area contributed by atoms with Crippen molar-refractivity contribution in [1.82, 2.24) is 9.80 Å². The normalized spacial score (nSPS) is 27.1. The van der Waals surface area contributed by atoms with Crippen molar-refractivity contribution in [3.63, 3.8) is 0 Å². The smallest absolute Gasteiger partial charge is 0.224 e. The van der Waals surface area contributed by atoms with Crippen LogP contribution in [0.5, 0.6) is 0 Å². The van der Waals surface area contributed by atoms with E-state index in [0.29, 0.717) is 50.5 Å². The number of aliphatic hydroxyl groups is 1. The quantitative estimate of drug-likeness (QED) is 0.625. The van der Waals surface area contributed by atoms with Crippen LogP contribution in [0.25, 0.3) is 0 Å². The monoisotopic (exact) mass is 502 g/mol. The molecule has 0 aromatic heterocycles. The molecule has 0 radical (unpaired) electrons. The molecule has 3 atom stereocenters. The van der Waals surface area contributed by atoms with E-state index in [4.69, 9.17) is 16.3 Å². The lowest BCUT2D eigenvalue weighted by Crippen LogP contribution is -2.56. The third-order valence-corrected chi connectivity index (χ3v) is 7.95. The minimum atomic E-state index is -0.940. The van der Waals surface area contributed by atoms with Crippen LogP contribution in [0.15, 0.2) is 48.5 Å². The maximum absolute atomic E-state index is 13.2. The first kappa shape index (κ1) is 26.1. The average molecular weight is 503 g/mol. The number of piperidine rings is 1. The Labute approximate surface area is 212 Å². The van der Waals surface area contributed by atoms with Gasteiger partial charge in [-0.15, -0.1) is 0 Å². The molecule has 7 heteroatoms. The van der Waals surface area contributed by atoms with Gasteiger partial charge in [-0.3, -0.25) is 4.79 Å². The summed E-state index contributed by atoms with van der Waals surface area (Å²) in [6.07, 6.45) is 1.59. The molecule has 35 heavy (non-hydrogen) atoms. The van der Waals surface area contributed by atoms with Crippen LogP contribution in [-0.2, 0) is 21.6 Å². The van der Waals surface area contributed by atoms with Crippen LogP contribution in [0.1, 0.15) is 44.7 Å².